The van der Waals surface area contributed by atoms with Gasteiger partial charge in [0.15, 0.2) is 0 Å². The Morgan fingerprint density at radius 3 is 2.84 bits per heavy atom. The molecule has 2 atom stereocenters. The third-order valence-electron chi connectivity index (χ3n) is 5.57. The molecule has 2 N–H and O–H groups in total. The van der Waals surface area contributed by atoms with Crippen molar-refractivity contribution in [1.29, 1.82) is 0 Å². The lowest BCUT2D eigenvalue weighted by atomic mass is 10.1. The number of benzene rings is 1. The number of likely N-dealkylation sites (tertiary alicyclic amines) is 1. The first-order valence-corrected chi connectivity index (χ1v) is 11.4. The van der Waals surface area contributed by atoms with Crippen molar-refractivity contribution in [3.8, 4) is 0 Å². The predicted molar refractivity (Wildman–Crippen MR) is 124 cm³/mol. The molecule has 1 aromatic heterocycles. The highest BCUT2D eigenvalue weighted by molar-refractivity contribution is 8.09. The Morgan fingerprint density at radius 1 is 1.35 bits per heavy atom. The minimum Gasteiger partial charge on any atom is -0.494 e. The number of anilines is 2. The summed E-state index contributed by atoms with van der Waals surface area (Å²) >= 11 is 1.60. The van der Waals surface area contributed by atoms with E-state index < -0.39 is 0 Å². The fourth-order valence-electron chi connectivity index (χ4n) is 4.20. The lowest BCUT2D eigenvalue weighted by molar-refractivity contribution is -0.133. The van der Waals surface area contributed by atoms with Crippen LogP contribution in [-0.2, 0) is 4.79 Å². The van der Waals surface area contributed by atoms with Crippen molar-refractivity contribution in [1.82, 2.24) is 19.8 Å². The van der Waals surface area contributed by atoms with Crippen molar-refractivity contribution < 1.29 is 9.90 Å². The van der Waals surface area contributed by atoms with E-state index in [9.17, 15) is 9.90 Å². The monoisotopic (exact) mass is 438 g/mol. The Kier molecular flexibility index (Phi) is 6.09. The van der Waals surface area contributed by atoms with Gasteiger partial charge >= 0.3 is 0 Å². The van der Waals surface area contributed by atoms with Crippen LogP contribution in [0.25, 0.3) is 4.91 Å². The molecule has 1 amide bonds. The molecule has 8 heteroatoms. The number of thioether (sulfide) groups is 1. The number of hydrogen-bond acceptors (Lipinski definition) is 7. The molecule has 3 heterocycles. The van der Waals surface area contributed by atoms with Crippen LogP contribution in [-0.4, -0.2) is 48.9 Å². The molecule has 7 nitrogen and oxygen atoms in total. The SMILES string of the molecule is [CH2]CC(N1CCCC1=O)N1C(O)=C(c2cc(C)cc(Nc3nccc(C)n3)c2)SC1C. The molecule has 1 aromatic carbocycles. The van der Waals surface area contributed by atoms with Gasteiger partial charge in [0.05, 0.1) is 10.3 Å². The number of aliphatic hydroxyl groups excluding tert-OH is 1. The van der Waals surface area contributed by atoms with Gasteiger partial charge in [0.1, 0.15) is 6.17 Å². The lowest BCUT2D eigenvalue weighted by Gasteiger charge is -2.38. The Hall–Kier alpha value is -2.74. The lowest BCUT2D eigenvalue weighted by Crippen LogP contribution is -2.49. The smallest absolute Gasteiger partial charge is 0.227 e. The zero-order valence-electron chi connectivity index (χ0n) is 18.1. The van der Waals surface area contributed by atoms with Gasteiger partial charge in [-0.25, -0.2) is 9.97 Å². The van der Waals surface area contributed by atoms with E-state index in [0.29, 0.717) is 25.3 Å². The molecule has 1 radical (unpaired) electrons. The zero-order chi connectivity index (χ0) is 22.1. The number of amides is 1. The highest BCUT2D eigenvalue weighted by atomic mass is 32.2. The van der Waals surface area contributed by atoms with E-state index >= 15 is 0 Å². The molecule has 1 saturated heterocycles. The quantitative estimate of drug-likeness (QED) is 0.683. The standard InChI is InChI=1S/C23H28N5O2S/c1-5-19(27-10-6-7-20(27)29)28-16(4)31-21(22(28)30)17-11-14(2)12-18(13-17)26-23-24-9-8-15(3)25-23/h8-9,11-13,16,19,30H,1,5-7,10H2,2-4H3,(H,24,25,26). The van der Waals surface area contributed by atoms with Gasteiger partial charge in [-0.15, -0.1) is 0 Å². The second-order valence-corrected chi connectivity index (χ2v) is 9.30. The van der Waals surface area contributed by atoms with Crippen LogP contribution >= 0.6 is 11.8 Å². The van der Waals surface area contributed by atoms with E-state index in [2.05, 4.69) is 28.3 Å². The molecule has 2 unspecified atom stereocenters. The van der Waals surface area contributed by atoms with Crippen LogP contribution in [0.15, 0.2) is 36.3 Å². The Morgan fingerprint density at radius 2 is 2.16 bits per heavy atom. The van der Waals surface area contributed by atoms with Crippen LogP contribution < -0.4 is 5.32 Å². The van der Waals surface area contributed by atoms with Gasteiger partial charge in [-0.1, -0.05) is 17.8 Å². The van der Waals surface area contributed by atoms with E-state index in [1.807, 2.05) is 48.8 Å². The highest BCUT2D eigenvalue weighted by Gasteiger charge is 2.40. The molecule has 0 aliphatic carbocycles. The summed E-state index contributed by atoms with van der Waals surface area (Å²) in [6.07, 6.45) is 3.42. The average molecular weight is 439 g/mol. The van der Waals surface area contributed by atoms with Crippen LogP contribution in [0.2, 0.25) is 0 Å². The van der Waals surface area contributed by atoms with Gasteiger partial charge < -0.3 is 20.2 Å². The van der Waals surface area contributed by atoms with Gasteiger partial charge in [-0.05, 0) is 69.9 Å². The summed E-state index contributed by atoms with van der Waals surface area (Å²) < 4.78 is 0. The second kappa shape index (κ2) is 8.78. The third-order valence-corrected chi connectivity index (χ3v) is 6.79. The van der Waals surface area contributed by atoms with Crippen molar-refractivity contribution >= 4 is 34.2 Å². The van der Waals surface area contributed by atoms with Gasteiger partial charge in [-0.2, -0.15) is 0 Å². The largest absolute Gasteiger partial charge is 0.494 e. The van der Waals surface area contributed by atoms with E-state index in [1.54, 1.807) is 18.0 Å². The first kappa shape index (κ1) is 21.5. The molecule has 0 spiro atoms. The van der Waals surface area contributed by atoms with E-state index in [4.69, 9.17) is 0 Å². The first-order valence-electron chi connectivity index (χ1n) is 10.5. The minimum absolute atomic E-state index is 0.00724. The molecular formula is C23H28N5O2S. The van der Waals surface area contributed by atoms with Crippen molar-refractivity contribution in [2.45, 2.75) is 51.6 Å². The molecule has 0 saturated carbocycles. The van der Waals surface area contributed by atoms with E-state index in [0.717, 1.165) is 33.8 Å². The van der Waals surface area contributed by atoms with Gasteiger partial charge in [0, 0.05) is 30.5 Å². The fraction of sp³-hybridized carbons (Fsp3) is 0.391. The molecule has 163 valence electrons. The maximum absolute atomic E-state index is 12.3. The number of hydrogen-bond donors (Lipinski definition) is 2. The fourth-order valence-corrected chi connectivity index (χ4v) is 5.36. The number of nitrogens with zero attached hydrogens (tertiary/aromatic N) is 4. The van der Waals surface area contributed by atoms with Crippen LogP contribution in [0.4, 0.5) is 11.6 Å². The molecule has 2 aromatic rings. The number of aryl methyl sites for hydroxylation is 2. The molecule has 0 bridgehead atoms. The number of aromatic nitrogens is 2. The summed E-state index contributed by atoms with van der Waals surface area (Å²) in [5.41, 5.74) is 3.72. The van der Waals surface area contributed by atoms with E-state index in [1.165, 1.54) is 0 Å². The summed E-state index contributed by atoms with van der Waals surface area (Å²) in [5, 5.41) is 14.5. The summed E-state index contributed by atoms with van der Waals surface area (Å²) in [6, 6.07) is 7.92. The van der Waals surface area contributed by atoms with Gasteiger partial charge in [0.25, 0.3) is 0 Å². The Bertz CT molecular complexity index is 1020. The average Bonchev–Trinajstić information content (AvgIpc) is 3.26. The summed E-state index contributed by atoms with van der Waals surface area (Å²) in [7, 11) is 0. The molecule has 4 rings (SSSR count). The molecule has 1 fully saturated rings. The van der Waals surface area contributed by atoms with Crippen molar-refractivity contribution in [3.05, 3.63) is 60.1 Å². The summed E-state index contributed by atoms with van der Waals surface area (Å²) in [6.45, 7) is 10.8. The molecule has 31 heavy (non-hydrogen) atoms. The van der Waals surface area contributed by atoms with Crippen molar-refractivity contribution in [2.24, 2.45) is 0 Å². The zero-order valence-corrected chi connectivity index (χ0v) is 18.9. The van der Waals surface area contributed by atoms with Crippen molar-refractivity contribution in [2.75, 3.05) is 11.9 Å². The third kappa shape index (κ3) is 4.35. The number of nitrogens with one attached hydrogen (secondary N) is 1. The Labute approximate surface area is 187 Å². The maximum Gasteiger partial charge on any atom is 0.227 e. The number of carbonyl (C=O) groups excluding carboxylic acids is 1. The molecular weight excluding hydrogens is 410 g/mol. The topological polar surface area (TPSA) is 81.6 Å². The predicted octanol–water partition coefficient (Wildman–Crippen LogP) is 4.59. The molecule has 2 aliphatic heterocycles. The van der Waals surface area contributed by atoms with Gasteiger partial charge in [0.2, 0.25) is 17.7 Å². The first-order chi connectivity index (χ1) is 14.9. The maximum atomic E-state index is 12.3. The van der Waals surface area contributed by atoms with Crippen LogP contribution in [0, 0.1) is 20.8 Å². The number of aliphatic hydroxyl groups is 1. The van der Waals surface area contributed by atoms with Crippen LogP contribution in [0.5, 0.6) is 0 Å². The molecule has 2 aliphatic rings. The summed E-state index contributed by atoms with van der Waals surface area (Å²) in [4.78, 5) is 25.6. The number of rotatable bonds is 6. The van der Waals surface area contributed by atoms with Crippen LogP contribution in [0.3, 0.4) is 0 Å². The Balaban J connectivity index is 1.65. The van der Waals surface area contributed by atoms with Crippen LogP contribution in [0.1, 0.15) is 43.0 Å². The van der Waals surface area contributed by atoms with Gasteiger partial charge in [-0.3, -0.25) is 4.79 Å². The van der Waals surface area contributed by atoms with E-state index in [-0.39, 0.29) is 23.3 Å². The van der Waals surface area contributed by atoms with Crippen molar-refractivity contribution in [3.63, 3.8) is 0 Å². The highest BCUT2D eigenvalue weighted by Crippen LogP contribution is 2.45. The number of carbonyl (C=O) groups is 1. The second-order valence-electron chi connectivity index (χ2n) is 7.97. The summed E-state index contributed by atoms with van der Waals surface area (Å²) in [5.74, 6) is 0.870. The normalized spacial score (nSPS) is 20.0. The minimum atomic E-state index is -0.238.